The topological polar surface area (TPSA) is 62.6 Å². The van der Waals surface area contributed by atoms with Crippen molar-refractivity contribution in [1.82, 2.24) is 10.6 Å². The molecule has 0 radical (unpaired) electrons. The van der Waals surface area contributed by atoms with Crippen LogP contribution in [0.25, 0.3) is 0 Å². The molecule has 6 heteroatoms. The van der Waals surface area contributed by atoms with E-state index in [1.807, 2.05) is 31.5 Å². The Kier molecular flexibility index (Phi) is 5.14. The third kappa shape index (κ3) is 4.94. The third-order valence-corrected chi connectivity index (χ3v) is 4.27. The van der Waals surface area contributed by atoms with Crippen molar-refractivity contribution in [2.24, 2.45) is 0 Å². The van der Waals surface area contributed by atoms with Crippen LogP contribution < -0.4 is 15.5 Å². The number of quaternary nitrogens is 1. The van der Waals surface area contributed by atoms with E-state index in [0.717, 1.165) is 22.6 Å². The molecule has 0 aliphatic heterocycles. The number of amides is 2. The van der Waals surface area contributed by atoms with Crippen LogP contribution in [0.3, 0.4) is 0 Å². The fourth-order valence-electron chi connectivity index (χ4n) is 2.02. The van der Waals surface area contributed by atoms with Crippen molar-refractivity contribution in [1.29, 1.82) is 0 Å². The number of rotatable bonds is 7. The van der Waals surface area contributed by atoms with Crippen LogP contribution in [0.5, 0.6) is 0 Å². The van der Waals surface area contributed by atoms with Crippen molar-refractivity contribution < 1.29 is 14.5 Å². The first kappa shape index (κ1) is 15.0. The van der Waals surface area contributed by atoms with Crippen molar-refractivity contribution in [2.75, 3.05) is 20.1 Å². The molecule has 0 aromatic carbocycles. The molecule has 5 nitrogen and oxygen atoms in total. The van der Waals surface area contributed by atoms with Crippen LogP contribution in [-0.2, 0) is 9.59 Å². The molecule has 2 atom stereocenters. The van der Waals surface area contributed by atoms with E-state index in [1.165, 1.54) is 0 Å². The molecular formula is C14H22N3O2S+. The number of likely N-dealkylation sites (N-methyl/N-ethyl adjacent to an activating group) is 1. The zero-order valence-electron chi connectivity index (χ0n) is 11.9. The summed E-state index contributed by atoms with van der Waals surface area (Å²) < 4.78 is 0. The standard InChI is InChI=1S/C14H21N3O2S/c1-10(12-4-3-7-20-12)15-13(18)8-17(2)9-14(19)16-11-5-6-11/h3-4,7,10-11H,5-6,8-9H2,1-2H3,(H,15,18)(H,16,19)/p+1/t10-/m0/s1. The molecule has 20 heavy (non-hydrogen) atoms. The van der Waals surface area contributed by atoms with Gasteiger partial charge in [-0.3, -0.25) is 9.59 Å². The SMILES string of the molecule is C[C@H](NC(=O)C[NH+](C)CC(=O)NC1CC1)c1cccs1. The van der Waals surface area contributed by atoms with Gasteiger partial charge in [-0.05, 0) is 31.2 Å². The summed E-state index contributed by atoms with van der Waals surface area (Å²) >= 11 is 1.63. The Morgan fingerprint density at radius 3 is 2.70 bits per heavy atom. The normalized spacial score (nSPS) is 17.3. The summed E-state index contributed by atoms with van der Waals surface area (Å²) in [5, 5.41) is 7.89. The number of thiophene rings is 1. The molecule has 110 valence electrons. The smallest absolute Gasteiger partial charge is 0.275 e. The number of carbonyl (C=O) groups excluding carboxylic acids is 2. The van der Waals surface area contributed by atoms with E-state index in [1.54, 1.807) is 11.3 Å². The zero-order valence-corrected chi connectivity index (χ0v) is 12.8. The highest BCUT2D eigenvalue weighted by Gasteiger charge is 2.25. The van der Waals surface area contributed by atoms with E-state index in [4.69, 9.17) is 0 Å². The summed E-state index contributed by atoms with van der Waals surface area (Å²) in [6, 6.07) is 4.39. The molecule has 1 aliphatic rings. The van der Waals surface area contributed by atoms with E-state index in [-0.39, 0.29) is 17.9 Å². The van der Waals surface area contributed by atoms with Crippen molar-refractivity contribution in [3.05, 3.63) is 22.4 Å². The molecule has 1 unspecified atom stereocenters. The summed E-state index contributed by atoms with van der Waals surface area (Å²) in [7, 11) is 1.86. The van der Waals surface area contributed by atoms with Crippen LogP contribution >= 0.6 is 11.3 Å². The maximum atomic E-state index is 11.9. The van der Waals surface area contributed by atoms with Gasteiger partial charge in [0.15, 0.2) is 13.1 Å². The molecule has 0 spiro atoms. The fourth-order valence-corrected chi connectivity index (χ4v) is 2.75. The number of carbonyl (C=O) groups is 2. The molecule has 2 amide bonds. The number of hydrogen-bond donors (Lipinski definition) is 3. The predicted octanol–water partition coefficient (Wildman–Crippen LogP) is -0.281. The van der Waals surface area contributed by atoms with Gasteiger partial charge in [-0.15, -0.1) is 11.3 Å². The van der Waals surface area contributed by atoms with Crippen LogP contribution in [0, 0.1) is 0 Å². The highest BCUT2D eigenvalue weighted by molar-refractivity contribution is 7.10. The quantitative estimate of drug-likeness (QED) is 0.648. The van der Waals surface area contributed by atoms with Crippen molar-refractivity contribution in [3.8, 4) is 0 Å². The third-order valence-electron chi connectivity index (χ3n) is 3.21. The van der Waals surface area contributed by atoms with Crippen LogP contribution in [-0.4, -0.2) is 38.0 Å². The molecular weight excluding hydrogens is 274 g/mol. The Labute approximate surface area is 123 Å². The van der Waals surface area contributed by atoms with E-state index >= 15 is 0 Å². The van der Waals surface area contributed by atoms with Gasteiger partial charge in [0, 0.05) is 10.9 Å². The van der Waals surface area contributed by atoms with Gasteiger partial charge in [-0.25, -0.2) is 0 Å². The summed E-state index contributed by atoms with van der Waals surface area (Å²) in [5.41, 5.74) is 0. The van der Waals surface area contributed by atoms with Gasteiger partial charge in [0.2, 0.25) is 0 Å². The van der Waals surface area contributed by atoms with Gasteiger partial charge in [0.25, 0.3) is 11.8 Å². The summed E-state index contributed by atoms with van der Waals surface area (Å²) in [5.74, 6) is 0.00623. The number of nitrogens with one attached hydrogen (secondary N) is 3. The van der Waals surface area contributed by atoms with Crippen molar-refractivity contribution in [2.45, 2.75) is 31.8 Å². The first-order valence-corrected chi connectivity index (χ1v) is 7.86. The monoisotopic (exact) mass is 296 g/mol. The Balaban J connectivity index is 1.68. The van der Waals surface area contributed by atoms with Gasteiger partial charge in [-0.2, -0.15) is 0 Å². The van der Waals surface area contributed by atoms with Crippen LogP contribution in [0.2, 0.25) is 0 Å². The maximum Gasteiger partial charge on any atom is 0.275 e. The van der Waals surface area contributed by atoms with Crippen molar-refractivity contribution in [3.63, 3.8) is 0 Å². The van der Waals surface area contributed by atoms with Crippen molar-refractivity contribution >= 4 is 23.2 Å². The maximum absolute atomic E-state index is 11.9. The minimum atomic E-state index is -0.0254. The molecule has 1 saturated carbocycles. The lowest BCUT2D eigenvalue weighted by Gasteiger charge is -2.16. The lowest BCUT2D eigenvalue weighted by molar-refractivity contribution is -0.862. The van der Waals surface area contributed by atoms with E-state index in [9.17, 15) is 9.59 Å². The minimum absolute atomic E-state index is 0.0237. The number of hydrogen-bond acceptors (Lipinski definition) is 3. The predicted molar refractivity (Wildman–Crippen MR) is 78.7 cm³/mol. The van der Waals surface area contributed by atoms with Gasteiger partial charge in [0.1, 0.15) is 0 Å². The molecule has 2 rings (SSSR count). The van der Waals surface area contributed by atoms with Gasteiger partial charge < -0.3 is 15.5 Å². The van der Waals surface area contributed by atoms with E-state index < -0.39 is 0 Å². The average molecular weight is 296 g/mol. The van der Waals surface area contributed by atoms with Crippen LogP contribution in [0.4, 0.5) is 0 Å². The van der Waals surface area contributed by atoms with Gasteiger partial charge >= 0.3 is 0 Å². The molecule has 1 fully saturated rings. The largest absolute Gasteiger partial charge is 0.348 e. The van der Waals surface area contributed by atoms with E-state index in [2.05, 4.69) is 10.6 Å². The summed E-state index contributed by atoms with van der Waals surface area (Å²) in [6.45, 7) is 2.63. The first-order chi connectivity index (χ1) is 9.54. The molecule has 3 N–H and O–H groups in total. The molecule has 0 saturated heterocycles. The summed E-state index contributed by atoms with van der Waals surface area (Å²) in [6.07, 6.45) is 2.17. The lowest BCUT2D eigenvalue weighted by Crippen LogP contribution is -3.11. The van der Waals surface area contributed by atoms with Crippen LogP contribution in [0.15, 0.2) is 17.5 Å². The van der Waals surface area contributed by atoms with E-state index in [0.29, 0.717) is 19.1 Å². The van der Waals surface area contributed by atoms with Gasteiger partial charge in [-0.1, -0.05) is 6.07 Å². The molecule has 1 aliphatic carbocycles. The molecule has 0 bridgehead atoms. The second-order valence-electron chi connectivity index (χ2n) is 5.46. The molecule has 1 aromatic rings. The minimum Gasteiger partial charge on any atom is -0.348 e. The highest BCUT2D eigenvalue weighted by Crippen LogP contribution is 2.18. The Morgan fingerprint density at radius 2 is 2.10 bits per heavy atom. The second kappa shape index (κ2) is 6.85. The molecule has 1 aromatic heterocycles. The Hall–Kier alpha value is -1.40. The van der Waals surface area contributed by atoms with Gasteiger partial charge in [0.05, 0.1) is 13.1 Å². The lowest BCUT2D eigenvalue weighted by atomic mass is 10.2. The van der Waals surface area contributed by atoms with Crippen LogP contribution in [0.1, 0.15) is 30.7 Å². The average Bonchev–Trinajstić information content (AvgIpc) is 2.99. The second-order valence-corrected chi connectivity index (χ2v) is 6.44. The zero-order chi connectivity index (χ0) is 14.5. The summed E-state index contributed by atoms with van der Waals surface area (Å²) in [4.78, 5) is 25.6. The Morgan fingerprint density at radius 1 is 1.40 bits per heavy atom. The Bertz CT molecular complexity index is 457. The fraction of sp³-hybridized carbons (Fsp3) is 0.571. The first-order valence-electron chi connectivity index (χ1n) is 6.98. The molecule has 1 heterocycles. The highest BCUT2D eigenvalue weighted by atomic mass is 32.1.